The zero-order chi connectivity index (χ0) is 11.6. The first-order chi connectivity index (χ1) is 7.02. The highest BCUT2D eigenvalue weighted by Crippen LogP contribution is 2.44. The highest BCUT2D eigenvalue weighted by Gasteiger charge is 2.20. The van der Waals surface area contributed by atoms with Crippen molar-refractivity contribution < 1.29 is 14.6 Å². The van der Waals surface area contributed by atoms with Crippen LogP contribution in [-0.4, -0.2) is 19.3 Å². The molecule has 0 amide bonds. The molecule has 0 spiro atoms. The zero-order valence-electron chi connectivity index (χ0n) is 8.87. The summed E-state index contributed by atoms with van der Waals surface area (Å²) >= 11 is 6.01. The van der Waals surface area contributed by atoms with Crippen molar-refractivity contribution in [3.63, 3.8) is 0 Å². The molecule has 0 aromatic heterocycles. The summed E-state index contributed by atoms with van der Waals surface area (Å²) < 4.78 is 10.1. The number of halogens is 1. The Bertz CT molecular complexity index is 366. The van der Waals surface area contributed by atoms with E-state index in [1.165, 1.54) is 20.3 Å². The third kappa shape index (κ3) is 2.11. The lowest BCUT2D eigenvalue weighted by Gasteiger charge is -2.17. The lowest BCUT2D eigenvalue weighted by Crippen LogP contribution is -2.08. The smallest absolute Gasteiger partial charge is 0.149 e. The second-order valence-corrected chi connectivity index (χ2v) is 3.53. The van der Waals surface area contributed by atoms with E-state index in [0.717, 1.165) is 0 Å². The summed E-state index contributed by atoms with van der Waals surface area (Å²) in [6, 6.07) is 1.05. The van der Waals surface area contributed by atoms with E-state index in [0.29, 0.717) is 22.1 Å². The fourth-order valence-corrected chi connectivity index (χ4v) is 1.71. The molecule has 0 aliphatic heterocycles. The summed E-state index contributed by atoms with van der Waals surface area (Å²) in [4.78, 5) is 0. The average Bonchev–Trinajstić information content (AvgIpc) is 2.19. The molecule has 1 unspecified atom stereocenters. The van der Waals surface area contributed by atoms with Gasteiger partial charge in [0.2, 0.25) is 0 Å². The van der Waals surface area contributed by atoms with Crippen molar-refractivity contribution in [2.45, 2.75) is 13.0 Å². The van der Waals surface area contributed by atoms with E-state index in [9.17, 15) is 5.11 Å². The number of rotatable bonds is 3. The average molecular weight is 232 g/mol. The Balaban J connectivity index is 3.46. The topological polar surface area (TPSA) is 64.7 Å². The Morgan fingerprint density at radius 2 is 2.00 bits per heavy atom. The normalized spacial score (nSPS) is 12.3. The van der Waals surface area contributed by atoms with Crippen LogP contribution in [-0.2, 0) is 0 Å². The standard InChI is InChI=1S/C10H14ClNO3/c1-5(12)8-6(13)4-7(14-2)9(11)10(8)15-3/h4-5,13H,12H2,1-3H3. The van der Waals surface area contributed by atoms with Gasteiger partial charge in [-0.05, 0) is 6.92 Å². The van der Waals surface area contributed by atoms with E-state index in [-0.39, 0.29) is 11.8 Å². The summed E-state index contributed by atoms with van der Waals surface area (Å²) in [5.41, 5.74) is 6.19. The van der Waals surface area contributed by atoms with Gasteiger partial charge < -0.3 is 20.3 Å². The summed E-state index contributed by atoms with van der Waals surface area (Å²) in [5.74, 6) is 0.724. The SMILES string of the molecule is COc1cc(O)c(C(C)N)c(OC)c1Cl. The third-order valence-corrected chi connectivity index (χ3v) is 2.44. The van der Waals surface area contributed by atoms with Gasteiger partial charge in [0, 0.05) is 12.1 Å². The molecular formula is C10H14ClNO3. The van der Waals surface area contributed by atoms with E-state index in [4.69, 9.17) is 26.8 Å². The molecule has 15 heavy (non-hydrogen) atoms. The van der Waals surface area contributed by atoms with Crippen LogP contribution in [0.15, 0.2) is 6.07 Å². The van der Waals surface area contributed by atoms with E-state index in [1.807, 2.05) is 0 Å². The Morgan fingerprint density at radius 3 is 2.40 bits per heavy atom. The molecule has 0 aliphatic carbocycles. The third-order valence-electron chi connectivity index (χ3n) is 2.08. The monoisotopic (exact) mass is 231 g/mol. The minimum atomic E-state index is -0.372. The molecule has 84 valence electrons. The lowest BCUT2D eigenvalue weighted by atomic mass is 10.1. The first-order valence-electron chi connectivity index (χ1n) is 4.41. The highest BCUT2D eigenvalue weighted by molar-refractivity contribution is 6.33. The number of nitrogens with two attached hydrogens (primary N) is 1. The molecule has 0 fully saturated rings. The van der Waals surface area contributed by atoms with Gasteiger partial charge >= 0.3 is 0 Å². The number of ether oxygens (including phenoxy) is 2. The van der Waals surface area contributed by atoms with Crippen molar-refractivity contribution in [3.8, 4) is 17.2 Å². The van der Waals surface area contributed by atoms with Crippen molar-refractivity contribution in [2.75, 3.05) is 14.2 Å². The van der Waals surface area contributed by atoms with Gasteiger partial charge in [-0.15, -0.1) is 0 Å². The van der Waals surface area contributed by atoms with Crippen molar-refractivity contribution in [1.82, 2.24) is 0 Å². The number of phenols is 1. The molecule has 0 radical (unpaired) electrons. The molecule has 0 heterocycles. The van der Waals surface area contributed by atoms with E-state index in [2.05, 4.69) is 0 Å². The molecular weight excluding hydrogens is 218 g/mol. The molecule has 1 rings (SSSR count). The summed E-state index contributed by atoms with van der Waals surface area (Å²) in [6.45, 7) is 1.74. The Labute approximate surface area is 93.6 Å². The van der Waals surface area contributed by atoms with Crippen molar-refractivity contribution >= 4 is 11.6 Å². The predicted molar refractivity (Wildman–Crippen MR) is 58.8 cm³/mol. The lowest BCUT2D eigenvalue weighted by molar-refractivity contribution is 0.377. The number of aromatic hydroxyl groups is 1. The number of hydrogen-bond donors (Lipinski definition) is 2. The predicted octanol–water partition coefficient (Wildman–Crippen LogP) is 2.08. The molecule has 1 aromatic rings. The molecule has 4 nitrogen and oxygen atoms in total. The van der Waals surface area contributed by atoms with Crippen LogP contribution in [0.5, 0.6) is 17.2 Å². The van der Waals surface area contributed by atoms with Crippen LogP contribution in [0.25, 0.3) is 0 Å². The summed E-state index contributed by atoms with van der Waals surface area (Å²) in [5, 5.41) is 10.0. The van der Waals surface area contributed by atoms with Gasteiger partial charge in [0.25, 0.3) is 0 Å². The maximum Gasteiger partial charge on any atom is 0.149 e. The quantitative estimate of drug-likeness (QED) is 0.836. The van der Waals surface area contributed by atoms with Crippen LogP contribution in [0.3, 0.4) is 0 Å². The van der Waals surface area contributed by atoms with Gasteiger partial charge in [-0.2, -0.15) is 0 Å². The second-order valence-electron chi connectivity index (χ2n) is 3.15. The molecule has 0 saturated carbocycles. The van der Waals surface area contributed by atoms with Crippen molar-refractivity contribution in [1.29, 1.82) is 0 Å². The molecule has 1 atom stereocenters. The van der Waals surface area contributed by atoms with Crippen LogP contribution in [0.2, 0.25) is 5.02 Å². The largest absolute Gasteiger partial charge is 0.507 e. The Kier molecular flexibility index (Phi) is 3.66. The Hall–Kier alpha value is -1.13. The maximum atomic E-state index is 9.73. The van der Waals surface area contributed by atoms with Crippen LogP contribution in [0.4, 0.5) is 0 Å². The summed E-state index contributed by atoms with van der Waals surface area (Å²) in [6.07, 6.45) is 0. The first kappa shape index (κ1) is 11.9. The molecule has 0 saturated heterocycles. The number of hydrogen-bond acceptors (Lipinski definition) is 4. The van der Waals surface area contributed by atoms with Crippen LogP contribution < -0.4 is 15.2 Å². The Morgan fingerprint density at radius 1 is 1.40 bits per heavy atom. The van der Waals surface area contributed by atoms with Gasteiger partial charge in [0.15, 0.2) is 0 Å². The van der Waals surface area contributed by atoms with Crippen LogP contribution in [0.1, 0.15) is 18.5 Å². The van der Waals surface area contributed by atoms with Gasteiger partial charge in [0.05, 0.1) is 19.8 Å². The van der Waals surface area contributed by atoms with E-state index >= 15 is 0 Å². The number of benzene rings is 1. The molecule has 1 aromatic carbocycles. The molecule has 3 N–H and O–H groups in total. The van der Waals surface area contributed by atoms with Crippen molar-refractivity contribution in [2.24, 2.45) is 5.73 Å². The first-order valence-corrected chi connectivity index (χ1v) is 4.79. The maximum absolute atomic E-state index is 9.73. The van der Waals surface area contributed by atoms with Gasteiger partial charge in [-0.25, -0.2) is 0 Å². The minimum absolute atomic E-state index is 0.0168. The van der Waals surface area contributed by atoms with Crippen LogP contribution in [0, 0.1) is 0 Å². The second kappa shape index (κ2) is 4.59. The highest BCUT2D eigenvalue weighted by atomic mass is 35.5. The molecule has 5 heteroatoms. The van der Waals surface area contributed by atoms with Gasteiger partial charge in [0.1, 0.15) is 22.3 Å². The van der Waals surface area contributed by atoms with E-state index in [1.54, 1.807) is 6.92 Å². The summed E-state index contributed by atoms with van der Waals surface area (Å²) in [7, 11) is 2.93. The van der Waals surface area contributed by atoms with Gasteiger partial charge in [-0.3, -0.25) is 0 Å². The number of phenolic OH excluding ortho intramolecular Hbond substituents is 1. The fraction of sp³-hybridized carbons (Fsp3) is 0.400. The minimum Gasteiger partial charge on any atom is -0.507 e. The molecule has 0 aliphatic rings. The molecule has 0 bridgehead atoms. The zero-order valence-corrected chi connectivity index (χ0v) is 9.63. The van der Waals surface area contributed by atoms with E-state index < -0.39 is 0 Å². The van der Waals surface area contributed by atoms with Crippen molar-refractivity contribution in [3.05, 3.63) is 16.7 Å². The number of methoxy groups -OCH3 is 2. The fourth-order valence-electron chi connectivity index (χ4n) is 1.40. The van der Waals surface area contributed by atoms with Crippen LogP contribution >= 0.6 is 11.6 Å². The van der Waals surface area contributed by atoms with Gasteiger partial charge in [-0.1, -0.05) is 11.6 Å².